The van der Waals surface area contributed by atoms with Crippen molar-refractivity contribution in [1.29, 1.82) is 0 Å². The summed E-state index contributed by atoms with van der Waals surface area (Å²) in [5.41, 5.74) is 2.19. The van der Waals surface area contributed by atoms with E-state index in [1.54, 1.807) is 0 Å². The number of ether oxygens (including phenoxy) is 2. The van der Waals surface area contributed by atoms with Crippen LogP contribution in [0.25, 0.3) is 11.1 Å². The molecule has 1 heterocycles. The molecule has 1 aliphatic carbocycles. The van der Waals surface area contributed by atoms with Gasteiger partial charge in [0.25, 0.3) is 0 Å². The molecule has 1 saturated carbocycles. The molecule has 2 aromatic rings. The van der Waals surface area contributed by atoms with Crippen LogP contribution in [0, 0.1) is 0 Å². The summed E-state index contributed by atoms with van der Waals surface area (Å²) in [5.74, 6) is 1.01. The quantitative estimate of drug-likeness (QED) is 0.611. The fraction of sp³-hybridized carbons (Fsp3) is 0.500. The first-order valence-corrected chi connectivity index (χ1v) is 11.5. The summed E-state index contributed by atoms with van der Waals surface area (Å²) in [6, 6.07) is 18.2. The Morgan fingerprint density at radius 1 is 0.833 bits per heavy atom. The summed E-state index contributed by atoms with van der Waals surface area (Å²) >= 11 is 0. The predicted octanol–water partition coefficient (Wildman–Crippen LogP) is 5.46. The molecule has 2 fully saturated rings. The highest BCUT2D eigenvalue weighted by atomic mass is 16.5. The molecule has 4 rings (SSSR count). The van der Waals surface area contributed by atoms with Crippen LogP contribution >= 0.6 is 0 Å². The van der Waals surface area contributed by atoms with Crippen LogP contribution in [-0.4, -0.2) is 42.7 Å². The van der Waals surface area contributed by atoms with E-state index in [1.807, 2.05) is 41.3 Å². The van der Waals surface area contributed by atoms with E-state index in [0.717, 1.165) is 42.8 Å². The van der Waals surface area contributed by atoms with Crippen molar-refractivity contribution in [3.8, 4) is 16.9 Å². The highest BCUT2D eigenvalue weighted by Crippen LogP contribution is 2.30. The van der Waals surface area contributed by atoms with Gasteiger partial charge < -0.3 is 14.4 Å². The van der Waals surface area contributed by atoms with Crippen molar-refractivity contribution in [1.82, 2.24) is 4.90 Å². The smallest absolute Gasteiger partial charge is 0.226 e. The summed E-state index contributed by atoms with van der Waals surface area (Å²) in [5, 5.41) is 0. The number of rotatable bonds is 7. The summed E-state index contributed by atoms with van der Waals surface area (Å²) < 4.78 is 12.3. The number of likely N-dealkylation sites (tertiary alicyclic amines) is 1. The van der Waals surface area contributed by atoms with Gasteiger partial charge in [-0.2, -0.15) is 0 Å². The number of piperidine rings is 1. The Morgan fingerprint density at radius 3 is 2.27 bits per heavy atom. The Labute approximate surface area is 180 Å². The van der Waals surface area contributed by atoms with E-state index in [1.165, 1.54) is 32.1 Å². The number of benzene rings is 2. The largest absolute Gasteiger partial charge is 0.492 e. The Kier molecular flexibility index (Phi) is 7.41. The van der Waals surface area contributed by atoms with Gasteiger partial charge in [-0.05, 0) is 37.3 Å². The van der Waals surface area contributed by atoms with E-state index in [-0.39, 0.29) is 5.91 Å². The number of carbonyl (C=O) groups is 1. The Morgan fingerprint density at radius 2 is 1.50 bits per heavy atom. The van der Waals surface area contributed by atoms with Crippen molar-refractivity contribution in [2.24, 2.45) is 0 Å². The lowest BCUT2D eigenvalue weighted by atomic mass is 9.97. The van der Waals surface area contributed by atoms with Crippen LogP contribution in [0.4, 0.5) is 0 Å². The summed E-state index contributed by atoms with van der Waals surface area (Å²) in [4.78, 5) is 14.6. The SMILES string of the molecule is O=C(CCOc1ccccc1-c1ccccc1)N1CCC(OC2CCCCC2)CC1. The van der Waals surface area contributed by atoms with Crippen LogP contribution in [-0.2, 0) is 9.53 Å². The molecular weight excluding hydrogens is 374 g/mol. The van der Waals surface area contributed by atoms with E-state index >= 15 is 0 Å². The molecule has 1 saturated heterocycles. The van der Waals surface area contributed by atoms with E-state index in [9.17, 15) is 4.79 Å². The van der Waals surface area contributed by atoms with Crippen LogP contribution in [0.1, 0.15) is 51.4 Å². The van der Waals surface area contributed by atoms with Crippen molar-refractivity contribution < 1.29 is 14.3 Å². The zero-order chi connectivity index (χ0) is 20.6. The number of nitrogens with zero attached hydrogens (tertiary/aromatic N) is 1. The highest BCUT2D eigenvalue weighted by molar-refractivity contribution is 5.76. The number of hydrogen-bond donors (Lipinski definition) is 0. The Balaban J connectivity index is 1.22. The zero-order valence-electron chi connectivity index (χ0n) is 17.8. The van der Waals surface area contributed by atoms with E-state index in [0.29, 0.717) is 25.2 Å². The van der Waals surface area contributed by atoms with Crippen LogP contribution in [0.3, 0.4) is 0 Å². The lowest BCUT2D eigenvalue weighted by Crippen LogP contribution is -2.42. The fourth-order valence-corrected chi connectivity index (χ4v) is 4.57. The summed E-state index contributed by atoms with van der Waals surface area (Å²) in [7, 11) is 0. The van der Waals surface area contributed by atoms with Crippen molar-refractivity contribution in [2.75, 3.05) is 19.7 Å². The first-order valence-electron chi connectivity index (χ1n) is 11.5. The Bertz CT molecular complexity index is 793. The highest BCUT2D eigenvalue weighted by Gasteiger charge is 2.26. The van der Waals surface area contributed by atoms with Gasteiger partial charge in [0.15, 0.2) is 0 Å². The first-order chi connectivity index (χ1) is 14.8. The first kappa shape index (κ1) is 20.9. The van der Waals surface area contributed by atoms with Crippen LogP contribution in [0.15, 0.2) is 54.6 Å². The van der Waals surface area contributed by atoms with Crippen LogP contribution < -0.4 is 4.74 Å². The molecule has 1 amide bonds. The second-order valence-electron chi connectivity index (χ2n) is 8.44. The van der Waals surface area contributed by atoms with E-state index < -0.39 is 0 Å². The van der Waals surface area contributed by atoms with Crippen LogP contribution in [0.5, 0.6) is 5.75 Å². The van der Waals surface area contributed by atoms with Gasteiger partial charge in [-0.25, -0.2) is 0 Å². The van der Waals surface area contributed by atoms with Crippen molar-refractivity contribution >= 4 is 5.91 Å². The molecule has 0 spiro atoms. The molecule has 0 bridgehead atoms. The topological polar surface area (TPSA) is 38.8 Å². The average molecular weight is 408 g/mol. The van der Waals surface area contributed by atoms with Crippen molar-refractivity contribution in [3.05, 3.63) is 54.6 Å². The molecule has 0 radical (unpaired) electrons. The van der Waals surface area contributed by atoms with Gasteiger partial charge in [0.1, 0.15) is 5.75 Å². The third-order valence-electron chi connectivity index (χ3n) is 6.28. The zero-order valence-corrected chi connectivity index (χ0v) is 17.8. The molecule has 1 aliphatic heterocycles. The molecule has 0 atom stereocenters. The monoisotopic (exact) mass is 407 g/mol. The van der Waals surface area contributed by atoms with Crippen molar-refractivity contribution in [2.45, 2.75) is 63.6 Å². The number of para-hydroxylation sites is 1. The maximum atomic E-state index is 12.6. The molecule has 2 aromatic carbocycles. The van der Waals surface area contributed by atoms with E-state index in [4.69, 9.17) is 9.47 Å². The molecular formula is C26H33NO3. The Hall–Kier alpha value is -2.33. The minimum Gasteiger partial charge on any atom is -0.492 e. The molecule has 2 aliphatic rings. The molecule has 0 N–H and O–H groups in total. The fourth-order valence-electron chi connectivity index (χ4n) is 4.57. The number of carbonyl (C=O) groups excluding carboxylic acids is 1. The molecule has 4 nitrogen and oxygen atoms in total. The maximum absolute atomic E-state index is 12.6. The molecule has 4 heteroatoms. The van der Waals surface area contributed by atoms with E-state index in [2.05, 4.69) is 18.2 Å². The third-order valence-corrected chi connectivity index (χ3v) is 6.28. The van der Waals surface area contributed by atoms with Crippen molar-refractivity contribution in [3.63, 3.8) is 0 Å². The predicted molar refractivity (Wildman–Crippen MR) is 120 cm³/mol. The molecule has 160 valence electrons. The minimum absolute atomic E-state index is 0.184. The minimum atomic E-state index is 0.184. The second kappa shape index (κ2) is 10.6. The van der Waals surface area contributed by atoms with Gasteiger partial charge in [0, 0.05) is 18.7 Å². The normalized spacial score (nSPS) is 18.3. The second-order valence-corrected chi connectivity index (χ2v) is 8.44. The van der Waals surface area contributed by atoms with Gasteiger partial charge in [-0.3, -0.25) is 4.79 Å². The summed E-state index contributed by atoms with van der Waals surface area (Å²) in [6.07, 6.45) is 9.48. The third kappa shape index (κ3) is 5.63. The molecule has 0 unspecified atom stereocenters. The number of hydrogen-bond acceptors (Lipinski definition) is 3. The van der Waals surface area contributed by atoms with Gasteiger partial charge in [0.2, 0.25) is 5.91 Å². The van der Waals surface area contributed by atoms with Crippen LogP contribution in [0.2, 0.25) is 0 Å². The lowest BCUT2D eigenvalue weighted by molar-refractivity contribution is -0.135. The standard InChI is InChI=1S/C26H33NO3/c28-26(27-18-15-23(16-19-27)30-22-11-5-2-6-12-22)17-20-29-25-14-8-7-13-24(25)21-9-3-1-4-10-21/h1,3-4,7-10,13-14,22-23H,2,5-6,11-12,15-20H2. The average Bonchev–Trinajstić information content (AvgIpc) is 2.81. The maximum Gasteiger partial charge on any atom is 0.226 e. The number of amides is 1. The molecule has 0 aromatic heterocycles. The van der Waals surface area contributed by atoms with Gasteiger partial charge in [0.05, 0.1) is 25.2 Å². The lowest BCUT2D eigenvalue weighted by Gasteiger charge is -2.35. The van der Waals surface area contributed by atoms with Gasteiger partial charge in [-0.1, -0.05) is 67.8 Å². The summed E-state index contributed by atoms with van der Waals surface area (Å²) in [6.45, 7) is 2.01. The molecule has 30 heavy (non-hydrogen) atoms. The van der Waals surface area contributed by atoms with Gasteiger partial charge >= 0.3 is 0 Å². The van der Waals surface area contributed by atoms with Gasteiger partial charge in [-0.15, -0.1) is 0 Å².